The number of imidazole rings is 1. The van der Waals surface area contributed by atoms with Crippen molar-refractivity contribution in [2.45, 2.75) is 51.5 Å². The molecule has 6 nitrogen and oxygen atoms in total. The average Bonchev–Trinajstić information content (AvgIpc) is 3.13. The maximum Gasteiger partial charge on any atom is 0.303 e. The van der Waals surface area contributed by atoms with Gasteiger partial charge in [-0.2, -0.15) is 0 Å². The van der Waals surface area contributed by atoms with Gasteiger partial charge in [0.25, 0.3) is 0 Å². The molecule has 0 radical (unpaired) electrons. The first kappa shape index (κ1) is 15.5. The van der Waals surface area contributed by atoms with E-state index in [-0.39, 0.29) is 6.42 Å². The molecule has 116 valence electrons. The summed E-state index contributed by atoms with van der Waals surface area (Å²) in [4.78, 5) is 19.9. The van der Waals surface area contributed by atoms with E-state index in [2.05, 4.69) is 10.1 Å². The number of hydrogen-bond donors (Lipinski definition) is 1. The third-order valence-corrected chi connectivity index (χ3v) is 3.79. The average molecular weight is 293 g/mol. The Kier molecular flexibility index (Phi) is 6.24. The van der Waals surface area contributed by atoms with Crippen LogP contribution in [0.3, 0.4) is 0 Å². The Labute approximate surface area is 124 Å². The maximum atomic E-state index is 10.4. The van der Waals surface area contributed by atoms with Gasteiger partial charge in [-0.3, -0.25) is 4.79 Å². The number of nitrogens with zero attached hydrogens (tertiary/aromatic N) is 3. The van der Waals surface area contributed by atoms with Crippen LogP contribution in [0.15, 0.2) is 23.9 Å². The highest BCUT2D eigenvalue weighted by Gasteiger charge is 2.21. The number of carboxylic acids is 1. The van der Waals surface area contributed by atoms with Crippen molar-refractivity contribution in [2.24, 2.45) is 11.1 Å². The molecule has 0 aliphatic heterocycles. The fraction of sp³-hybridized carbons (Fsp3) is 0.667. The molecule has 0 unspecified atom stereocenters. The molecule has 0 saturated heterocycles. The van der Waals surface area contributed by atoms with E-state index in [1.807, 2.05) is 10.8 Å². The van der Waals surface area contributed by atoms with E-state index in [1.54, 1.807) is 12.5 Å². The first-order chi connectivity index (χ1) is 10.3. The largest absolute Gasteiger partial charge is 0.481 e. The van der Waals surface area contributed by atoms with E-state index in [0.29, 0.717) is 18.9 Å². The number of oxime groups is 1. The predicted molar refractivity (Wildman–Crippen MR) is 79.1 cm³/mol. The fourth-order valence-electron chi connectivity index (χ4n) is 2.63. The lowest BCUT2D eigenvalue weighted by atomic mass is 10.0. The van der Waals surface area contributed by atoms with Crippen LogP contribution in [-0.2, 0) is 16.2 Å². The second-order valence-corrected chi connectivity index (χ2v) is 5.48. The van der Waals surface area contributed by atoms with Crippen LogP contribution in [0.1, 0.15) is 44.9 Å². The van der Waals surface area contributed by atoms with Crippen LogP contribution in [0.2, 0.25) is 0 Å². The number of hydrogen-bond acceptors (Lipinski definition) is 4. The number of unbranched alkanes of at least 4 members (excludes halogenated alkanes) is 1. The van der Waals surface area contributed by atoms with Gasteiger partial charge in [0.1, 0.15) is 6.61 Å². The lowest BCUT2D eigenvalue weighted by Crippen LogP contribution is -2.18. The second-order valence-electron chi connectivity index (χ2n) is 5.48. The van der Waals surface area contributed by atoms with E-state index in [0.717, 1.165) is 18.7 Å². The second kappa shape index (κ2) is 8.44. The predicted octanol–water partition coefficient (Wildman–Crippen LogP) is 2.70. The molecule has 1 aliphatic rings. The normalized spacial score (nSPS) is 16.3. The van der Waals surface area contributed by atoms with E-state index < -0.39 is 5.97 Å². The summed E-state index contributed by atoms with van der Waals surface area (Å²) in [6.07, 6.45) is 11.9. The third kappa shape index (κ3) is 5.57. The lowest BCUT2D eigenvalue weighted by Gasteiger charge is -2.13. The molecule has 0 spiro atoms. The highest BCUT2D eigenvalue weighted by molar-refractivity contribution is 5.86. The van der Waals surface area contributed by atoms with Crippen molar-refractivity contribution in [3.05, 3.63) is 18.7 Å². The minimum Gasteiger partial charge on any atom is -0.481 e. The van der Waals surface area contributed by atoms with Gasteiger partial charge >= 0.3 is 5.97 Å². The Morgan fingerprint density at radius 1 is 1.38 bits per heavy atom. The van der Waals surface area contributed by atoms with Gasteiger partial charge < -0.3 is 14.5 Å². The zero-order valence-electron chi connectivity index (χ0n) is 12.3. The Bertz CT molecular complexity index is 451. The Morgan fingerprint density at radius 3 is 2.86 bits per heavy atom. The first-order valence-corrected chi connectivity index (χ1v) is 7.62. The van der Waals surface area contributed by atoms with Crippen molar-refractivity contribution in [3.8, 4) is 0 Å². The molecule has 1 N–H and O–H groups in total. The van der Waals surface area contributed by atoms with Gasteiger partial charge in [-0.25, -0.2) is 4.98 Å². The van der Waals surface area contributed by atoms with Crippen molar-refractivity contribution in [1.29, 1.82) is 0 Å². The summed E-state index contributed by atoms with van der Waals surface area (Å²) in [5.41, 5.74) is 1.07. The van der Waals surface area contributed by atoms with E-state index >= 15 is 0 Å². The summed E-state index contributed by atoms with van der Waals surface area (Å²) in [7, 11) is 0. The van der Waals surface area contributed by atoms with Crippen LogP contribution in [0.4, 0.5) is 0 Å². The Hall–Kier alpha value is -1.85. The van der Waals surface area contributed by atoms with Gasteiger partial charge in [0, 0.05) is 24.7 Å². The molecule has 0 bridgehead atoms. The van der Waals surface area contributed by atoms with Crippen molar-refractivity contribution >= 4 is 11.7 Å². The first-order valence-electron chi connectivity index (χ1n) is 7.62. The summed E-state index contributed by atoms with van der Waals surface area (Å²) in [6, 6.07) is 0. The van der Waals surface area contributed by atoms with Crippen molar-refractivity contribution < 1.29 is 14.7 Å². The monoisotopic (exact) mass is 293 g/mol. The van der Waals surface area contributed by atoms with Crippen LogP contribution in [0.25, 0.3) is 0 Å². The summed E-state index contributed by atoms with van der Waals surface area (Å²) < 4.78 is 2.00. The highest BCUT2D eigenvalue weighted by atomic mass is 16.6. The van der Waals surface area contributed by atoms with E-state index in [1.165, 1.54) is 25.7 Å². The molecule has 1 aromatic heterocycles. The Balaban J connectivity index is 1.79. The number of aliphatic carboxylic acids is 1. The van der Waals surface area contributed by atoms with Crippen LogP contribution in [0, 0.1) is 5.92 Å². The maximum absolute atomic E-state index is 10.4. The van der Waals surface area contributed by atoms with Crippen LogP contribution in [-0.4, -0.2) is 32.9 Å². The molecule has 0 amide bonds. The molecular weight excluding hydrogens is 270 g/mol. The lowest BCUT2D eigenvalue weighted by molar-refractivity contribution is -0.137. The zero-order chi connectivity index (χ0) is 14.9. The Morgan fingerprint density at radius 2 is 2.19 bits per heavy atom. The van der Waals surface area contributed by atoms with Crippen molar-refractivity contribution in [2.75, 3.05) is 6.61 Å². The highest BCUT2D eigenvalue weighted by Crippen LogP contribution is 2.26. The van der Waals surface area contributed by atoms with Crippen LogP contribution >= 0.6 is 0 Å². The molecule has 1 fully saturated rings. The van der Waals surface area contributed by atoms with Gasteiger partial charge in [0.05, 0.1) is 18.6 Å². The quantitative estimate of drug-likeness (QED) is 0.431. The molecule has 1 aliphatic carbocycles. The molecule has 6 heteroatoms. The van der Waals surface area contributed by atoms with Crippen LogP contribution < -0.4 is 0 Å². The standard InChI is InChI=1S/C15H23N3O3/c19-15(20)7-3-4-10-21-17-14(13-5-1-2-6-13)11-18-9-8-16-12-18/h8-9,12-13H,1-7,10-11H2,(H,19,20)/b17-14-. The summed E-state index contributed by atoms with van der Waals surface area (Å²) >= 11 is 0. The van der Waals surface area contributed by atoms with Gasteiger partial charge in [-0.05, 0) is 25.7 Å². The molecular formula is C15H23N3O3. The number of aromatic nitrogens is 2. The third-order valence-electron chi connectivity index (χ3n) is 3.79. The SMILES string of the molecule is O=C(O)CCCCO/N=C(/Cn1ccnc1)C1CCCC1. The van der Waals surface area contributed by atoms with Crippen molar-refractivity contribution in [3.63, 3.8) is 0 Å². The fourth-order valence-corrected chi connectivity index (χ4v) is 2.63. The molecule has 2 rings (SSSR count). The number of carbonyl (C=O) groups is 1. The number of rotatable bonds is 9. The summed E-state index contributed by atoms with van der Waals surface area (Å²) in [5.74, 6) is -0.253. The zero-order valence-corrected chi connectivity index (χ0v) is 12.3. The molecule has 1 saturated carbocycles. The van der Waals surface area contributed by atoms with Gasteiger partial charge in [-0.1, -0.05) is 18.0 Å². The van der Waals surface area contributed by atoms with E-state index in [4.69, 9.17) is 9.94 Å². The summed E-state index contributed by atoms with van der Waals surface area (Å²) in [6.45, 7) is 1.20. The molecule has 1 heterocycles. The van der Waals surface area contributed by atoms with Crippen molar-refractivity contribution in [1.82, 2.24) is 9.55 Å². The van der Waals surface area contributed by atoms with Gasteiger partial charge in [0.15, 0.2) is 0 Å². The minimum atomic E-state index is -0.759. The minimum absolute atomic E-state index is 0.192. The molecule has 0 atom stereocenters. The van der Waals surface area contributed by atoms with E-state index in [9.17, 15) is 4.79 Å². The smallest absolute Gasteiger partial charge is 0.303 e. The van der Waals surface area contributed by atoms with Crippen LogP contribution in [0.5, 0.6) is 0 Å². The van der Waals surface area contributed by atoms with Gasteiger partial charge in [0.2, 0.25) is 0 Å². The number of carboxylic acid groups (broad SMARTS) is 1. The topological polar surface area (TPSA) is 76.7 Å². The summed E-state index contributed by atoms with van der Waals surface area (Å²) in [5, 5.41) is 12.9. The van der Waals surface area contributed by atoms with Gasteiger partial charge in [-0.15, -0.1) is 0 Å². The molecule has 0 aromatic carbocycles. The molecule has 1 aromatic rings. The molecule has 21 heavy (non-hydrogen) atoms.